The van der Waals surface area contributed by atoms with Gasteiger partial charge in [-0.2, -0.15) is 0 Å². The summed E-state index contributed by atoms with van der Waals surface area (Å²) in [6, 6.07) is 5.87. The minimum absolute atomic E-state index is 0.0256. The second kappa shape index (κ2) is 5.71. The Morgan fingerprint density at radius 2 is 2.25 bits per heavy atom. The monoisotopic (exact) mass is 278 g/mol. The van der Waals surface area contributed by atoms with E-state index in [1.165, 1.54) is 0 Å². The molecular weight excluding hydrogens is 260 g/mol. The fourth-order valence-corrected chi connectivity index (χ4v) is 2.70. The molecular formula is C15H18O5. The molecule has 3 rings (SSSR count). The summed E-state index contributed by atoms with van der Waals surface area (Å²) < 4.78 is 21.5. The molecule has 0 N–H and O–H groups in total. The highest BCUT2D eigenvalue weighted by Crippen LogP contribution is 2.36. The molecule has 5 nitrogen and oxygen atoms in total. The van der Waals surface area contributed by atoms with Gasteiger partial charge in [0.1, 0.15) is 6.10 Å². The number of ether oxygens (including phenoxy) is 4. The van der Waals surface area contributed by atoms with Gasteiger partial charge in [0.15, 0.2) is 11.5 Å². The highest BCUT2D eigenvalue weighted by Gasteiger charge is 2.28. The maximum atomic E-state index is 11.5. The lowest BCUT2D eigenvalue weighted by Gasteiger charge is -2.28. The number of para-hydroxylation sites is 1. The summed E-state index contributed by atoms with van der Waals surface area (Å²) in [5.41, 5.74) is 1.09. The van der Waals surface area contributed by atoms with Crippen LogP contribution in [0.15, 0.2) is 18.2 Å². The minimum atomic E-state index is -0.175. The van der Waals surface area contributed by atoms with Crippen molar-refractivity contribution in [2.45, 2.75) is 37.9 Å². The van der Waals surface area contributed by atoms with Crippen LogP contribution in [-0.4, -0.2) is 32.1 Å². The molecule has 1 aromatic carbocycles. The van der Waals surface area contributed by atoms with Crippen molar-refractivity contribution in [1.29, 1.82) is 0 Å². The van der Waals surface area contributed by atoms with Crippen molar-refractivity contribution in [3.05, 3.63) is 23.8 Å². The molecule has 1 aromatic rings. The predicted molar refractivity (Wildman–Crippen MR) is 70.8 cm³/mol. The Morgan fingerprint density at radius 1 is 1.35 bits per heavy atom. The number of rotatable bonds is 4. The highest BCUT2D eigenvalue weighted by atomic mass is 16.7. The number of esters is 1. The number of carbonyl (C=O) groups is 1. The number of aryl methyl sites for hydroxylation is 1. The topological polar surface area (TPSA) is 54.0 Å². The molecule has 108 valence electrons. The second-order valence-electron chi connectivity index (χ2n) is 5.10. The van der Waals surface area contributed by atoms with Gasteiger partial charge in [0, 0.05) is 13.5 Å². The van der Waals surface area contributed by atoms with Gasteiger partial charge in [-0.05, 0) is 24.5 Å². The van der Waals surface area contributed by atoms with Crippen molar-refractivity contribution < 1.29 is 23.7 Å². The first-order valence-electron chi connectivity index (χ1n) is 6.86. The summed E-state index contributed by atoms with van der Waals surface area (Å²) >= 11 is 0. The van der Waals surface area contributed by atoms with E-state index in [4.69, 9.17) is 18.9 Å². The van der Waals surface area contributed by atoms with E-state index in [0.29, 0.717) is 6.42 Å². The van der Waals surface area contributed by atoms with Gasteiger partial charge in [0.25, 0.3) is 0 Å². The lowest BCUT2D eigenvalue weighted by atomic mass is 9.98. The molecule has 1 saturated heterocycles. The van der Waals surface area contributed by atoms with Crippen molar-refractivity contribution in [1.82, 2.24) is 0 Å². The molecule has 2 atom stereocenters. The maximum Gasteiger partial charge on any atom is 0.308 e. The SMILES string of the molecule is COC1CC(=O)OC(CCc2cccc3c2OCO3)C1. The molecule has 1 fully saturated rings. The van der Waals surface area contributed by atoms with E-state index >= 15 is 0 Å². The van der Waals surface area contributed by atoms with Crippen LogP contribution in [0.2, 0.25) is 0 Å². The third-order valence-electron chi connectivity index (χ3n) is 3.77. The Morgan fingerprint density at radius 3 is 3.10 bits per heavy atom. The largest absolute Gasteiger partial charge is 0.462 e. The number of benzene rings is 1. The summed E-state index contributed by atoms with van der Waals surface area (Å²) in [4.78, 5) is 11.5. The van der Waals surface area contributed by atoms with E-state index < -0.39 is 0 Å². The van der Waals surface area contributed by atoms with Crippen LogP contribution in [0.4, 0.5) is 0 Å². The van der Waals surface area contributed by atoms with Gasteiger partial charge in [0.2, 0.25) is 6.79 Å². The number of cyclic esters (lactones) is 1. The quantitative estimate of drug-likeness (QED) is 0.789. The van der Waals surface area contributed by atoms with Crippen LogP contribution in [0.3, 0.4) is 0 Å². The lowest BCUT2D eigenvalue weighted by molar-refractivity contribution is -0.161. The molecule has 2 heterocycles. The zero-order valence-corrected chi connectivity index (χ0v) is 11.5. The zero-order valence-electron chi connectivity index (χ0n) is 11.5. The molecule has 0 radical (unpaired) electrons. The van der Waals surface area contributed by atoms with E-state index in [9.17, 15) is 4.79 Å². The van der Waals surface area contributed by atoms with Gasteiger partial charge in [-0.25, -0.2) is 0 Å². The van der Waals surface area contributed by atoms with Crippen molar-refractivity contribution in [3.8, 4) is 11.5 Å². The van der Waals surface area contributed by atoms with Gasteiger partial charge in [-0.15, -0.1) is 0 Å². The summed E-state index contributed by atoms with van der Waals surface area (Å²) in [6.45, 7) is 0.274. The second-order valence-corrected chi connectivity index (χ2v) is 5.10. The third kappa shape index (κ3) is 2.72. The van der Waals surface area contributed by atoms with E-state index in [-0.39, 0.29) is 25.0 Å². The Kier molecular flexibility index (Phi) is 3.78. The molecule has 0 saturated carbocycles. The highest BCUT2D eigenvalue weighted by molar-refractivity contribution is 5.71. The molecule has 5 heteroatoms. The first kappa shape index (κ1) is 13.2. The molecule has 2 aliphatic rings. The van der Waals surface area contributed by atoms with Gasteiger partial charge in [-0.3, -0.25) is 4.79 Å². The fourth-order valence-electron chi connectivity index (χ4n) is 2.70. The van der Waals surface area contributed by atoms with E-state index in [0.717, 1.165) is 36.3 Å². The van der Waals surface area contributed by atoms with Gasteiger partial charge >= 0.3 is 5.97 Å². The lowest BCUT2D eigenvalue weighted by Crippen LogP contribution is -2.33. The standard InChI is InChI=1S/C15H18O5/c1-17-12-7-11(20-14(16)8-12)6-5-10-3-2-4-13-15(10)19-9-18-13/h2-4,11-12H,5-9H2,1H3. The summed E-state index contributed by atoms with van der Waals surface area (Å²) in [6.07, 6.45) is 2.56. The molecule has 0 spiro atoms. The normalized spacial score (nSPS) is 24.6. The van der Waals surface area contributed by atoms with E-state index in [2.05, 4.69) is 0 Å². The molecule has 0 bridgehead atoms. The molecule has 0 aliphatic carbocycles. The van der Waals surface area contributed by atoms with Gasteiger partial charge < -0.3 is 18.9 Å². The van der Waals surface area contributed by atoms with Crippen LogP contribution < -0.4 is 9.47 Å². The van der Waals surface area contributed by atoms with Crippen LogP contribution >= 0.6 is 0 Å². The Balaban J connectivity index is 1.62. The first-order valence-corrected chi connectivity index (χ1v) is 6.86. The number of hydrogen-bond donors (Lipinski definition) is 0. The van der Waals surface area contributed by atoms with Gasteiger partial charge in [-0.1, -0.05) is 12.1 Å². The van der Waals surface area contributed by atoms with Crippen LogP contribution in [-0.2, 0) is 20.7 Å². The summed E-state index contributed by atoms with van der Waals surface area (Å²) in [5, 5.41) is 0. The fraction of sp³-hybridized carbons (Fsp3) is 0.533. The molecule has 0 amide bonds. The third-order valence-corrected chi connectivity index (χ3v) is 3.77. The predicted octanol–water partition coefficient (Wildman–Crippen LogP) is 2.07. The Labute approximate surface area is 117 Å². The molecule has 2 aliphatic heterocycles. The van der Waals surface area contributed by atoms with Crippen LogP contribution in [0.25, 0.3) is 0 Å². The van der Waals surface area contributed by atoms with Crippen molar-refractivity contribution in [2.75, 3.05) is 13.9 Å². The average Bonchev–Trinajstić information content (AvgIpc) is 2.93. The Bertz CT molecular complexity index is 499. The van der Waals surface area contributed by atoms with Gasteiger partial charge in [0.05, 0.1) is 12.5 Å². The summed E-state index contributed by atoms with van der Waals surface area (Å²) in [7, 11) is 1.63. The van der Waals surface area contributed by atoms with Crippen molar-refractivity contribution >= 4 is 5.97 Å². The van der Waals surface area contributed by atoms with Crippen LogP contribution in [0.1, 0.15) is 24.8 Å². The summed E-state index contributed by atoms with van der Waals surface area (Å²) in [5.74, 6) is 1.43. The number of methoxy groups -OCH3 is 1. The number of fused-ring (bicyclic) bond motifs is 1. The van der Waals surface area contributed by atoms with Crippen LogP contribution in [0, 0.1) is 0 Å². The van der Waals surface area contributed by atoms with Crippen molar-refractivity contribution in [2.24, 2.45) is 0 Å². The van der Waals surface area contributed by atoms with E-state index in [1.807, 2.05) is 18.2 Å². The van der Waals surface area contributed by atoms with Crippen LogP contribution in [0.5, 0.6) is 11.5 Å². The molecule has 2 unspecified atom stereocenters. The maximum absolute atomic E-state index is 11.5. The smallest absolute Gasteiger partial charge is 0.308 e. The molecule has 20 heavy (non-hydrogen) atoms. The Hall–Kier alpha value is -1.75. The van der Waals surface area contributed by atoms with Crippen molar-refractivity contribution in [3.63, 3.8) is 0 Å². The minimum Gasteiger partial charge on any atom is -0.462 e. The van der Waals surface area contributed by atoms with E-state index in [1.54, 1.807) is 7.11 Å². The number of hydrogen-bond acceptors (Lipinski definition) is 5. The average molecular weight is 278 g/mol. The number of carbonyl (C=O) groups excluding carboxylic acids is 1. The zero-order chi connectivity index (χ0) is 13.9. The first-order chi connectivity index (χ1) is 9.76. The molecule has 0 aromatic heterocycles.